The zero-order valence-electron chi connectivity index (χ0n) is 16.1. The lowest BCUT2D eigenvalue weighted by Gasteiger charge is -2.18. The zero-order chi connectivity index (χ0) is 20.9. The van der Waals surface area contributed by atoms with Crippen LogP contribution < -0.4 is 14.2 Å². The van der Waals surface area contributed by atoms with Crippen molar-refractivity contribution in [3.63, 3.8) is 0 Å². The van der Waals surface area contributed by atoms with Crippen LogP contribution in [0, 0.1) is 0 Å². The second-order valence-electron chi connectivity index (χ2n) is 6.65. The molecular formula is C20H23BrN2O5S. The minimum absolute atomic E-state index is 0.00983. The predicted octanol–water partition coefficient (Wildman–Crippen LogP) is 2.94. The van der Waals surface area contributed by atoms with E-state index in [2.05, 4.69) is 20.7 Å². The molecule has 1 aliphatic rings. The van der Waals surface area contributed by atoms with Crippen LogP contribution >= 0.6 is 15.9 Å². The number of fused-ring (bicyclic) bond motifs is 1. The van der Waals surface area contributed by atoms with Crippen LogP contribution in [0.3, 0.4) is 0 Å². The van der Waals surface area contributed by atoms with Gasteiger partial charge in [0.25, 0.3) is 0 Å². The Labute approximate surface area is 179 Å². The van der Waals surface area contributed by atoms with E-state index < -0.39 is 10.0 Å². The lowest BCUT2D eigenvalue weighted by Crippen LogP contribution is -2.32. The summed E-state index contributed by atoms with van der Waals surface area (Å²) in [6, 6.07) is 12.2. The van der Waals surface area contributed by atoms with Gasteiger partial charge in [0.2, 0.25) is 15.9 Å². The average molecular weight is 483 g/mol. The molecule has 0 atom stereocenters. The molecular weight excluding hydrogens is 460 g/mol. The first kappa shape index (κ1) is 21.6. The molecule has 1 N–H and O–H groups in total. The summed E-state index contributed by atoms with van der Waals surface area (Å²) in [5.41, 5.74) is 0.983. The van der Waals surface area contributed by atoms with E-state index in [1.165, 1.54) is 12.1 Å². The summed E-state index contributed by atoms with van der Waals surface area (Å²) in [4.78, 5) is 14.0. The number of carbonyl (C=O) groups is 1. The first-order chi connectivity index (χ1) is 13.9. The van der Waals surface area contributed by atoms with Crippen LogP contribution in [0.1, 0.15) is 18.4 Å². The van der Waals surface area contributed by atoms with Crippen molar-refractivity contribution in [1.82, 2.24) is 9.62 Å². The Morgan fingerprint density at radius 2 is 1.86 bits per heavy atom. The van der Waals surface area contributed by atoms with Gasteiger partial charge >= 0.3 is 0 Å². The van der Waals surface area contributed by atoms with Gasteiger partial charge in [0.15, 0.2) is 11.5 Å². The Balaban J connectivity index is 1.55. The molecule has 9 heteroatoms. The summed E-state index contributed by atoms with van der Waals surface area (Å²) in [6.07, 6.45) is 0.801. The third kappa shape index (κ3) is 5.71. The maximum atomic E-state index is 12.6. The molecule has 0 radical (unpaired) electrons. The quantitative estimate of drug-likeness (QED) is 0.655. The van der Waals surface area contributed by atoms with Gasteiger partial charge in [0.05, 0.1) is 18.1 Å². The van der Waals surface area contributed by atoms with Gasteiger partial charge in [0, 0.05) is 43.5 Å². The minimum atomic E-state index is -3.76. The number of rotatable bonds is 7. The van der Waals surface area contributed by atoms with Crippen LogP contribution in [0.2, 0.25) is 0 Å². The second-order valence-corrected chi connectivity index (χ2v) is 9.27. The zero-order valence-corrected chi connectivity index (χ0v) is 18.5. The van der Waals surface area contributed by atoms with Gasteiger partial charge in [-0.25, -0.2) is 13.1 Å². The van der Waals surface area contributed by atoms with Crippen LogP contribution in [-0.4, -0.2) is 46.0 Å². The van der Waals surface area contributed by atoms with Crippen molar-refractivity contribution < 1.29 is 22.7 Å². The highest BCUT2D eigenvalue weighted by Crippen LogP contribution is 2.31. The SMILES string of the molecule is CN(Cc1ccccc1Br)C(=O)CCNS(=O)(=O)c1ccc2c(c1)OCCCO2. The fraction of sp³-hybridized carbons (Fsp3) is 0.350. The number of nitrogens with zero attached hydrogens (tertiary/aromatic N) is 1. The van der Waals surface area contributed by atoms with Crippen molar-refractivity contribution >= 4 is 31.9 Å². The number of nitrogens with one attached hydrogen (secondary N) is 1. The third-order valence-electron chi connectivity index (χ3n) is 4.45. The largest absolute Gasteiger partial charge is 0.490 e. The number of benzene rings is 2. The number of amides is 1. The summed E-state index contributed by atoms with van der Waals surface area (Å²) in [7, 11) is -2.06. The molecule has 2 aromatic rings. The molecule has 3 rings (SSSR count). The molecule has 29 heavy (non-hydrogen) atoms. The summed E-state index contributed by atoms with van der Waals surface area (Å²) >= 11 is 3.46. The topological polar surface area (TPSA) is 84.9 Å². The van der Waals surface area contributed by atoms with E-state index in [0.29, 0.717) is 31.3 Å². The molecule has 1 amide bonds. The molecule has 0 bridgehead atoms. The summed E-state index contributed by atoms with van der Waals surface area (Å²) in [6.45, 7) is 1.46. The maximum absolute atomic E-state index is 12.6. The highest BCUT2D eigenvalue weighted by molar-refractivity contribution is 9.10. The molecule has 7 nitrogen and oxygen atoms in total. The number of carbonyl (C=O) groups excluding carboxylic acids is 1. The molecule has 0 saturated heterocycles. The van der Waals surface area contributed by atoms with Crippen LogP contribution in [0.5, 0.6) is 11.5 Å². The minimum Gasteiger partial charge on any atom is -0.490 e. The fourth-order valence-corrected chi connectivity index (χ4v) is 4.30. The van der Waals surface area contributed by atoms with Crippen molar-refractivity contribution in [1.29, 1.82) is 0 Å². The lowest BCUT2D eigenvalue weighted by molar-refractivity contribution is -0.130. The van der Waals surface area contributed by atoms with Gasteiger partial charge in [-0.2, -0.15) is 0 Å². The molecule has 1 aliphatic heterocycles. The second kappa shape index (κ2) is 9.60. The summed E-state index contributed by atoms with van der Waals surface area (Å²) in [5, 5.41) is 0. The first-order valence-corrected chi connectivity index (χ1v) is 11.5. The number of halogens is 1. The van der Waals surface area contributed by atoms with Gasteiger partial charge in [-0.15, -0.1) is 0 Å². The van der Waals surface area contributed by atoms with E-state index in [9.17, 15) is 13.2 Å². The van der Waals surface area contributed by atoms with Crippen molar-refractivity contribution in [3.05, 3.63) is 52.5 Å². The number of hydrogen-bond donors (Lipinski definition) is 1. The molecule has 0 aliphatic carbocycles. The molecule has 0 unspecified atom stereocenters. The fourth-order valence-electron chi connectivity index (χ4n) is 2.85. The van der Waals surface area contributed by atoms with E-state index in [4.69, 9.17) is 9.47 Å². The summed E-state index contributed by atoms with van der Waals surface area (Å²) < 4.78 is 39.6. The standard InChI is InChI=1S/C20H23BrN2O5S/c1-23(14-15-5-2-3-6-17(15)21)20(24)9-10-22-29(25,26)16-7-8-18-19(13-16)28-12-4-11-27-18/h2-3,5-8,13,22H,4,9-12,14H2,1H3. The van der Waals surface area contributed by atoms with Crippen molar-refractivity contribution in [3.8, 4) is 11.5 Å². The Morgan fingerprint density at radius 1 is 1.14 bits per heavy atom. The number of ether oxygens (including phenoxy) is 2. The Bertz CT molecular complexity index is 981. The smallest absolute Gasteiger partial charge is 0.240 e. The van der Waals surface area contributed by atoms with Gasteiger partial charge in [0.1, 0.15) is 0 Å². The third-order valence-corrected chi connectivity index (χ3v) is 6.68. The first-order valence-electron chi connectivity index (χ1n) is 9.23. The van der Waals surface area contributed by atoms with Gasteiger partial charge < -0.3 is 14.4 Å². The molecule has 0 fully saturated rings. The molecule has 1 heterocycles. The van der Waals surface area contributed by atoms with Crippen molar-refractivity contribution in [2.24, 2.45) is 0 Å². The average Bonchev–Trinajstić information content (AvgIpc) is 2.94. The highest BCUT2D eigenvalue weighted by Gasteiger charge is 2.19. The monoisotopic (exact) mass is 482 g/mol. The van der Waals surface area contributed by atoms with E-state index >= 15 is 0 Å². The van der Waals surface area contributed by atoms with Gasteiger partial charge in [-0.05, 0) is 23.8 Å². The Kier molecular flexibility index (Phi) is 7.15. The Hall–Kier alpha value is -2.10. The predicted molar refractivity (Wildman–Crippen MR) is 112 cm³/mol. The molecule has 0 saturated carbocycles. The van der Waals surface area contributed by atoms with Crippen LogP contribution in [-0.2, 0) is 21.4 Å². The molecule has 2 aromatic carbocycles. The normalized spacial score (nSPS) is 13.6. The van der Waals surface area contributed by atoms with Crippen LogP contribution in [0.4, 0.5) is 0 Å². The van der Waals surface area contributed by atoms with Gasteiger partial charge in [-0.1, -0.05) is 34.1 Å². The van der Waals surface area contributed by atoms with E-state index in [1.807, 2.05) is 24.3 Å². The molecule has 0 aromatic heterocycles. The van der Waals surface area contributed by atoms with E-state index in [1.54, 1.807) is 18.0 Å². The Morgan fingerprint density at radius 3 is 2.62 bits per heavy atom. The lowest BCUT2D eigenvalue weighted by atomic mass is 10.2. The summed E-state index contributed by atoms with van der Waals surface area (Å²) in [5.74, 6) is 0.794. The number of sulfonamides is 1. The molecule has 156 valence electrons. The van der Waals surface area contributed by atoms with Gasteiger partial charge in [-0.3, -0.25) is 4.79 Å². The number of hydrogen-bond acceptors (Lipinski definition) is 5. The van der Waals surface area contributed by atoms with E-state index in [0.717, 1.165) is 16.5 Å². The molecule has 0 spiro atoms. The van der Waals surface area contributed by atoms with Crippen molar-refractivity contribution in [2.45, 2.75) is 24.3 Å². The highest BCUT2D eigenvalue weighted by atomic mass is 79.9. The van der Waals surface area contributed by atoms with Crippen LogP contribution in [0.15, 0.2) is 51.8 Å². The van der Waals surface area contributed by atoms with Crippen LogP contribution in [0.25, 0.3) is 0 Å². The maximum Gasteiger partial charge on any atom is 0.240 e. The van der Waals surface area contributed by atoms with E-state index in [-0.39, 0.29) is 23.8 Å². The van der Waals surface area contributed by atoms with Crippen molar-refractivity contribution in [2.75, 3.05) is 26.8 Å².